The predicted molar refractivity (Wildman–Crippen MR) is 200 cm³/mol. The van der Waals surface area contributed by atoms with Crippen LogP contribution in [0.1, 0.15) is 16.7 Å². The molecule has 0 radical (unpaired) electrons. The maximum atomic E-state index is 10.5. The molecule has 0 spiro atoms. The van der Waals surface area contributed by atoms with Crippen molar-refractivity contribution in [2.24, 2.45) is 0 Å². The van der Waals surface area contributed by atoms with Gasteiger partial charge < -0.3 is 9.13 Å². The summed E-state index contributed by atoms with van der Waals surface area (Å²) in [5.74, 6) is 0. The van der Waals surface area contributed by atoms with Crippen molar-refractivity contribution in [1.29, 1.82) is 15.8 Å². The SMILES string of the molecule is N#Cc1ccc2c(c1)c1ccccc1n2-c1cccc(C#N)c1-c1ccccc1-c1ccc(-n2c3ccccc3c3ccc(C#N)cc32)cc1. The van der Waals surface area contributed by atoms with E-state index in [1.807, 2.05) is 84.9 Å². The Labute approximate surface area is 287 Å². The Balaban J connectivity index is 1.24. The number of benzene rings is 7. The van der Waals surface area contributed by atoms with Crippen LogP contribution in [0.3, 0.4) is 0 Å². The molecule has 0 aliphatic heterocycles. The van der Waals surface area contributed by atoms with E-state index >= 15 is 0 Å². The number of nitriles is 3. The number of hydrogen-bond acceptors (Lipinski definition) is 3. The molecule has 50 heavy (non-hydrogen) atoms. The van der Waals surface area contributed by atoms with Crippen molar-refractivity contribution in [1.82, 2.24) is 9.13 Å². The van der Waals surface area contributed by atoms with Gasteiger partial charge in [-0.25, -0.2) is 0 Å². The Hall–Kier alpha value is -7.39. The maximum Gasteiger partial charge on any atom is 0.0998 e. The van der Waals surface area contributed by atoms with Crippen molar-refractivity contribution in [3.05, 3.63) is 168 Å². The smallest absolute Gasteiger partial charge is 0.0998 e. The zero-order chi connectivity index (χ0) is 33.8. The van der Waals surface area contributed by atoms with Crippen molar-refractivity contribution >= 4 is 43.6 Å². The number of rotatable bonds is 4. The van der Waals surface area contributed by atoms with Crippen molar-refractivity contribution < 1.29 is 0 Å². The van der Waals surface area contributed by atoms with E-state index in [-0.39, 0.29) is 0 Å². The topological polar surface area (TPSA) is 81.2 Å². The lowest BCUT2D eigenvalue weighted by Gasteiger charge is -2.18. The highest BCUT2D eigenvalue weighted by molar-refractivity contribution is 6.11. The van der Waals surface area contributed by atoms with Gasteiger partial charge in [-0.15, -0.1) is 0 Å². The summed E-state index contributed by atoms with van der Waals surface area (Å²) in [5.41, 5.74) is 11.5. The number of para-hydroxylation sites is 2. The summed E-state index contributed by atoms with van der Waals surface area (Å²) in [4.78, 5) is 0. The monoisotopic (exact) mass is 635 g/mol. The molecule has 9 aromatic rings. The zero-order valence-electron chi connectivity index (χ0n) is 26.7. The molecule has 0 bridgehead atoms. The molecule has 230 valence electrons. The van der Waals surface area contributed by atoms with Crippen LogP contribution in [0.15, 0.2) is 152 Å². The van der Waals surface area contributed by atoms with Crippen molar-refractivity contribution in [2.45, 2.75) is 0 Å². The highest BCUT2D eigenvalue weighted by Gasteiger charge is 2.21. The maximum absolute atomic E-state index is 10.5. The third kappa shape index (κ3) is 4.31. The Bertz CT molecular complexity index is 2960. The van der Waals surface area contributed by atoms with Gasteiger partial charge in [-0.2, -0.15) is 15.8 Å². The molecule has 0 atom stereocenters. The average Bonchev–Trinajstić information content (AvgIpc) is 3.69. The fourth-order valence-corrected chi connectivity index (χ4v) is 7.47. The zero-order valence-corrected chi connectivity index (χ0v) is 26.7. The molecule has 2 aromatic heterocycles. The van der Waals surface area contributed by atoms with E-state index in [1.54, 1.807) is 0 Å². The van der Waals surface area contributed by atoms with Gasteiger partial charge in [0.05, 0.1) is 62.7 Å². The van der Waals surface area contributed by atoms with Crippen LogP contribution in [0.4, 0.5) is 0 Å². The predicted octanol–water partition coefficient (Wildman–Crippen LogP) is 10.8. The molecule has 5 nitrogen and oxygen atoms in total. The Morgan fingerprint density at radius 2 is 1.00 bits per heavy atom. The van der Waals surface area contributed by atoms with Gasteiger partial charge in [0.15, 0.2) is 0 Å². The van der Waals surface area contributed by atoms with Crippen LogP contribution < -0.4 is 0 Å². The van der Waals surface area contributed by atoms with E-state index in [9.17, 15) is 15.8 Å². The molecule has 5 heteroatoms. The first kappa shape index (κ1) is 28.8. The lowest BCUT2D eigenvalue weighted by atomic mass is 9.90. The molecule has 7 aromatic carbocycles. The Kier molecular flexibility index (Phi) is 6.56. The lowest BCUT2D eigenvalue weighted by Crippen LogP contribution is -2.00. The largest absolute Gasteiger partial charge is 0.309 e. The normalized spacial score (nSPS) is 11.1. The third-order valence-electron chi connectivity index (χ3n) is 9.64. The number of hydrogen-bond donors (Lipinski definition) is 0. The molecule has 0 unspecified atom stereocenters. The van der Waals surface area contributed by atoms with Crippen LogP contribution in [0.2, 0.25) is 0 Å². The standard InChI is InChI=1S/C45H25N5/c46-26-29-17-23-42-39(24-29)36-11-4-6-14-41(36)50(42)43-15-7-8-32(28-48)45(43)38-12-2-1-9-34(38)31-18-20-33(21-19-31)49-40-13-5-3-10-35(40)37-22-16-30(27-47)25-44(37)49/h1-25H. The molecule has 0 amide bonds. The minimum absolute atomic E-state index is 0.574. The molecule has 0 aliphatic rings. The number of fused-ring (bicyclic) bond motifs is 6. The first-order chi connectivity index (χ1) is 24.7. The molecular formula is C45H25N5. The second-order valence-electron chi connectivity index (χ2n) is 12.3. The summed E-state index contributed by atoms with van der Waals surface area (Å²) in [6, 6.07) is 57.8. The Morgan fingerprint density at radius 1 is 0.400 bits per heavy atom. The van der Waals surface area contributed by atoms with Crippen LogP contribution in [0.25, 0.3) is 77.2 Å². The average molecular weight is 636 g/mol. The van der Waals surface area contributed by atoms with Gasteiger partial charge in [-0.05, 0) is 83.4 Å². The summed E-state index contributed by atoms with van der Waals surface area (Å²) < 4.78 is 4.42. The molecular weight excluding hydrogens is 611 g/mol. The van der Waals surface area contributed by atoms with Gasteiger partial charge in [-0.1, -0.05) is 84.9 Å². The van der Waals surface area contributed by atoms with Crippen LogP contribution in [-0.4, -0.2) is 9.13 Å². The van der Waals surface area contributed by atoms with E-state index in [4.69, 9.17) is 0 Å². The van der Waals surface area contributed by atoms with Crippen molar-refractivity contribution in [3.8, 4) is 51.8 Å². The second-order valence-corrected chi connectivity index (χ2v) is 12.3. The van der Waals surface area contributed by atoms with Gasteiger partial charge in [0.2, 0.25) is 0 Å². The van der Waals surface area contributed by atoms with E-state index < -0.39 is 0 Å². The highest BCUT2D eigenvalue weighted by Crippen LogP contribution is 2.42. The minimum atomic E-state index is 0.574. The van der Waals surface area contributed by atoms with Gasteiger partial charge >= 0.3 is 0 Å². The van der Waals surface area contributed by atoms with Gasteiger partial charge in [-0.3, -0.25) is 0 Å². The molecule has 0 saturated heterocycles. The van der Waals surface area contributed by atoms with E-state index in [0.29, 0.717) is 16.7 Å². The van der Waals surface area contributed by atoms with E-state index in [0.717, 1.165) is 77.2 Å². The second kappa shape index (κ2) is 11.4. The molecule has 0 N–H and O–H groups in total. The van der Waals surface area contributed by atoms with Gasteiger partial charge in [0.1, 0.15) is 0 Å². The fourth-order valence-electron chi connectivity index (χ4n) is 7.47. The molecule has 0 fully saturated rings. The molecule has 0 saturated carbocycles. The summed E-state index contributed by atoms with van der Waals surface area (Å²) in [6.45, 7) is 0. The Morgan fingerprint density at radius 3 is 1.74 bits per heavy atom. The van der Waals surface area contributed by atoms with Crippen LogP contribution in [-0.2, 0) is 0 Å². The van der Waals surface area contributed by atoms with Crippen molar-refractivity contribution in [3.63, 3.8) is 0 Å². The van der Waals surface area contributed by atoms with Crippen LogP contribution >= 0.6 is 0 Å². The first-order valence-electron chi connectivity index (χ1n) is 16.3. The van der Waals surface area contributed by atoms with Crippen LogP contribution in [0.5, 0.6) is 0 Å². The summed E-state index contributed by atoms with van der Waals surface area (Å²) in [7, 11) is 0. The first-order valence-corrected chi connectivity index (χ1v) is 16.3. The lowest BCUT2D eigenvalue weighted by molar-refractivity contribution is 1.18. The van der Waals surface area contributed by atoms with E-state index in [2.05, 4.69) is 94.1 Å². The minimum Gasteiger partial charge on any atom is -0.309 e. The molecule has 2 heterocycles. The number of nitrogens with zero attached hydrogens (tertiary/aromatic N) is 5. The number of aromatic nitrogens is 2. The van der Waals surface area contributed by atoms with Crippen LogP contribution in [0, 0.1) is 34.0 Å². The summed E-state index contributed by atoms with van der Waals surface area (Å²) >= 11 is 0. The van der Waals surface area contributed by atoms with Gasteiger partial charge in [0, 0.05) is 32.8 Å². The van der Waals surface area contributed by atoms with Crippen molar-refractivity contribution in [2.75, 3.05) is 0 Å². The van der Waals surface area contributed by atoms with Gasteiger partial charge in [0.25, 0.3) is 0 Å². The quantitative estimate of drug-likeness (QED) is 0.193. The molecule has 0 aliphatic carbocycles. The molecule has 9 rings (SSSR count). The third-order valence-corrected chi connectivity index (χ3v) is 9.64. The highest BCUT2D eigenvalue weighted by atomic mass is 15.0. The fraction of sp³-hybridized carbons (Fsp3) is 0. The van der Waals surface area contributed by atoms with E-state index in [1.165, 1.54) is 0 Å². The summed E-state index contributed by atoms with van der Waals surface area (Å²) in [6.07, 6.45) is 0. The summed E-state index contributed by atoms with van der Waals surface area (Å²) in [5, 5.41) is 34.1.